The Hall–Kier alpha value is -3.15. The number of hydrogen-bond acceptors (Lipinski definition) is 6. The minimum absolute atomic E-state index is 0.157. The van der Waals surface area contributed by atoms with Gasteiger partial charge in [0.1, 0.15) is 11.5 Å². The molecule has 0 atom stereocenters. The van der Waals surface area contributed by atoms with Crippen molar-refractivity contribution in [3.05, 3.63) is 59.7 Å². The molecule has 0 aromatic heterocycles. The summed E-state index contributed by atoms with van der Waals surface area (Å²) in [5.74, 6) is -1.55. The molecule has 6 nitrogen and oxygen atoms in total. The van der Waals surface area contributed by atoms with Gasteiger partial charge < -0.3 is 14.2 Å². The molecule has 0 saturated carbocycles. The molecular formula is C17H14O6. The molecule has 0 aliphatic heterocycles. The third-order valence-corrected chi connectivity index (χ3v) is 3.02. The third-order valence-electron chi connectivity index (χ3n) is 3.02. The fraction of sp³-hybridized carbons (Fsp3) is 0.118. The van der Waals surface area contributed by atoms with E-state index in [9.17, 15) is 14.4 Å². The third kappa shape index (κ3) is 3.94. The van der Waals surface area contributed by atoms with Crippen LogP contribution < -0.4 is 9.47 Å². The van der Waals surface area contributed by atoms with Gasteiger partial charge in [0, 0.05) is 5.56 Å². The second-order valence-corrected chi connectivity index (χ2v) is 4.46. The highest BCUT2D eigenvalue weighted by molar-refractivity contribution is 6.41. The molecule has 23 heavy (non-hydrogen) atoms. The Morgan fingerprint density at radius 2 is 1.26 bits per heavy atom. The Morgan fingerprint density at radius 1 is 0.739 bits per heavy atom. The molecule has 2 aromatic rings. The van der Waals surface area contributed by atoms with Crippen molar-refractivity contribution >= 4 is 17.7 Å². The summed E-state index contributed by atoms with van der Waals surface area (Å²) in [6.45, 7) is 0. The molecule has 0 unspecified atom stereocenters. The average molecular weight is 314 g/mol. The lowest BCUT2D eigenvalue weighted by molar-refractivity contribution is -0.129. The molecule has 0 aliphatic carbocycles. The largest absolute Gasteiger partial charge is 0.497 e. The summed E-state index contributed by atoms with van der Waals surface area (Å²) in [6, 6.07) is 11.8. The van der Waals surface area contributed by atoms with Gasteiger partial charge in [-0.1, -0.05) is 0 Å². The molecule has 2 aromatic carbocycles. The molecule has 0 spiro atoms. The molecule has 0 heterocycles. The van der Waals surface area contributed by atoms with Crippen LogP contribution in [0, 0.1) is 0 Å². The maximum atomic E-state index is 12.0. The van der Waals surface area contributed by atoms with E-state index in [0.717, 1.165) is 0 Å². The monoisotopic (exact) mass is 314 g/mol. The molecule has 2 rings (SSSR count). The van der Waals surface area contributed by atoms with Gasteiger partial charge in [0.2, 0.25) is 0 Å². The van der Waals surface area contributed by atoms with Crippen LogP contribution in [-0.4, -0.2) is 31.9 Å². The van der Waals surface area contributed by atoms with Gasteiger partial charge in [0.25, 0.3) is 5.78 Å². The second-order valence-electron chi connectivity index (χ2n) is 4.46. The zero-order valence-corrected chi connectivity index (χ0v) is 12.6. The summed E-state index contributed by atoms with van der Waals surface area (Å²) in [7, 11) is 2.77. The molecule has 6 heteroatoms. The quantitative estimate of drug-likeness (QED) is 0.364. The van der Waals surface area contributed by atoms with E-state index in [4.69, 9.17) is 9.47 Å². The van der Waals surface area contributed by atoms with Crippen molar-refractivity contribution in [3.8, 4) is 11.5 Å². The second kappa shape index (κ2) is 7.22. The number of esters is 2. The van der Waals surface area contributed by atoms with E-state index in [1.165, 1.54) is 50.6 Å². The van der Waals surface area contributed by atoms with Crippen LogP contribution >= 0.6 is 0 Å². The number of benzene rings is 2. The van der Waals surface area contributed by atoms with Crippen molar-refractivity contribution < 1.29 is 28.6 Å². The highest BCUT2D eigenvalue weighted by atomic mass is 16.5. The Kier molecular flexibility index (Phi) is 5.09. The first kappa shape index (κ1) is 16.2. The van der Waals surface area contributed by atoms with Crippen molar-refractivity contribution in [2.45, 2.75) is 0 Å². The van der Waals surface area contributed by atoms with Crippen molar-refractivity contribution in [1.29, 1.82) is 0 Å². The highest BCUT2D eigenvalue weighted by Gasteiger charge is 2.19. The first-order valence-electron chi connectivity index (χ1n) is 6.64. The number of carbonyl (C=O) groups is 3. The predicted molar refractivity (Wildman–Crippen MR) is 80.7 cm³/mol. The van der Waals surface area contributed by atoms with E-state index in [1.54, 1.807) is 12.1 Å². The summed E-state index contributed by atoms with van der Waals surface area (Å²) in [4.78, 5) is 35.1. The van der Waals surface area contributed by atoms with E-state index < -0.39 is 17.7 Å². The lowest BCUT2D eigenvalue weighted by Gasteiger charge is -2.05. The Morgan fingerprint density at radius 3 is 1.78 bits per heavy atom. The Balaban J connectivity index is 2.05. The zero-order valence-electron chi connectivity index (χ0n) is 12.6. The van der Waals surface area contributed by atoms with Crippen LogP contribution in [0.25, 0.3) is 0 Å². The standard InChI is InChI=1S/C17H14O6/c1-21-13-7-3-11(4-8-13)15(18)17(20)23-14-9-5-12(6-10-14)16(19)22-2/h3-10H,1-2H3. The van der Waals surface area contributed by atoms with Gasteiger partial charge in [-0.25, -0.2) is 9.59 Å². The van der Waals surface area contributed by atoms with Crippen LogP contribution in [0.5, 0.6) is 11.5 Å². The van der Waals surface area contributed by atoms with Crippen LogP contribution in [-0.2, 0) is 9.53 Å². The number of ketones is 1. The summed E-state index contributed by atoms with van der Waals surface area (Å²) in [6.07, 6.45) is 0. The molecule has 118 valence electrons. The Bertz CT molecular complexity index is 716. The van der Waals surface area contributed by atoms with Crippen molar-refractivity contribution in [2.24, 2.45) is 0 Å². The number of rotatable bonds is 5. The van der Waals surface area contributed by atoms with Gasteiger partial charge in [0.05, 0.1) is 19.8 Å². The van der Waals surface area contributed by atoms with Crippen molar-refractivity contribution in [1.82, 2.24) is 0 Å². The lowest BCUT2D eigenvalue weighted by Crippen LogP contribution is -2.20. The van der Waals surface area contributed by atoms with Crippen LogP contribution in [0.2, 0.25) is 0 Å². The maximum Gasteiger partial charge on any atom is 0.385 e. The van der Waals surface area contributed by atoms with Gasteiger partial charge in [-0.3, -0.25) is 4.79 Å². The zero-order chi connectivity index (χ0) is 16.8. The smallest absolute Gasteiger partial charge is 0.385 e. The molecule has 0 saturated heterocycles. The van der Waals surface area contributed by atoms with E-state index in [1.807, 2.05) is 0 Å². The number of Topliss-reactive ketones (excluding diaryl/α,β-unsaturated/α-hetero) is 1. The average Bonchev–Trinajstić information content (AvgIpc) is 2.61. The van der Waals surface area contributed by atoms with Gasteiger partial charge in [-0.05, 0) is 48.5 Å². The van der Waals surface area contributed by atoms with E-state index in [0.29, 0.717) is 11.3 Å². The highest BCUT2D eigenvalue weighted by Crippen LogP contribution is 2.15. The molecule has 0 radical (unpaired) electrons. The van der Waals surface area contributed by atoms with E-state index >= 15 is 0 Å². The minimum atomic E-state index is -1.01. The topological polar surface area (TPSA) is 78.9 Å². The fourth-order valence-electron chi connectivity index (χ4n) is 1.79. The molecule has 0 aliphatic rings. The minimum Gasteiger partial charge on any atom is -0.497 e. The van der Waals surface area contributed by atoms with Gasteiger partial charge in [0.15, 0.2) is 0 Å². The SMILES string of the molecule is COC(=O)c1ccc(OC(=O)C(=O)c2ccc(OC)cc2)cc1. The first-order valence-corrected chi connectivity index (χ1v) is 6.64. The van der Waals surface area contributed by atoms with Crippen molar-refractivity contribution in [2.75, 3.05) is 14.2 Å². The summed E-state index contributed by atoms with van der Waals surface area (Å²) < 4.78 is 14.5. The van der Waals surface area contributed by atoms with Crippen LogP contribution in [0.15, 0.2) is 48.5 Å². The molecule has 0 amide bonds. The molecule has 0 N–H and O–H groups in total. The summed E-state index contributed by atoms with van der Waals surface area (Å²) >= 11 is 0. The van der Waals surface area contributed by atoms with Crippen LogP contribution in [0.3, 0.4) is 0 Å². The number of methoxy groups -OCH3 is 2. The molecular weight excluding hydrogens is 300 g/mol. The number of hydrogen-bond donors (Lipinski definition) is 0. The van der Waals surface area contributed by atoms with Gasteiger partial charge in [-0.2, -0.15) is 0 Å². The number of carbonyl (C=O) groups excluding carboxylic acids is 3. The molecule has 0 fully saturated rings. The van der Waals surface area contributed by atoms with Crippen molar-refractivity contribution in [3.63, 3.8) is 0 Å². The molecule has 0 bridgehead atoms. The lowest BCUT2D eigenvalue weighted by atomic mass is 10.1. The first-order chi connectivity index (χ1) is 11.0. The van der Waals surface area contributed by atoms with E-state index in [-0.39, 0.29) is 11.3 Å². The van der Waals surface area contributed by atoms with Gasteiger partial charge >= 0.3 is 11.9 Å². The fourth-order valence-corrected chi connectivity index (χ4v) is 1.79. The Labute approximate surface area is 132 Å². The van der Waals surface area contributed by atoms with Gasteiger partial charge in [-0.15, -0.1) is 0 Å². The number of ether oxygens (including phenoxy) is 3. The predicted octanol–water partition coefficient (Wildman–Crippen LogP) is 2.27. The summed E-state index contributed by atoms with van der Waals surface area (Å²) in [5, 5.41) is 0. The summed E-state index contributed by atoms with van der Waals surface area (Å²) in [5.41, 5.74) is 0.510. The maximum absolute atomic E-state index is 12.0. The van der Waals surface area contributed by atoms with E-state index in [2.05, 4.69) is 4.74 Å². The van der Waals surface area contributed by atoms with Crippen LogP contribution in [0.4, 0.5) is 0 Å². The van der Waals surface area contributed by atoms with Crippen LogP contribution in [0.1, 0.15) is 20.7 Å². The normalized spacial score (nSPS) is 9.83.